The van der Waals surface area contributed by atoms with Gasteiger partial charge in [0.05, 0.1) is 4.90 Å². The van der Waals surface area contributed by atoms with Gasteiger partial charge in [-0.25, -0.2) is 0 Å². The Morgan fingerprint density at radius 2 is 1.21 bits per heavy atom. The van der Waals surface area contributed by atoms with E-state index in [4.69, 9.17) is 0 Å². The summed E-state index contributed by atoms with van der Waals surface area (Å²) >= 11 is 0. The third-order valence-electron chi connectivity index (χ3n) is 4.88. The molecule has 176 valence electrons. The summed E-state index contributed by atoms with van der Waals surface area (Å²) in [7, 11) is -14.4. The van der Waals surface area contributed by atoms with Gasteiger partial charge < -0.3 is 0 Å². The lowest BCUT2D eigenvalue weighted by Crippen LogP contribution is -2.01. The van der Waals surface area contributed by atoms with Crippen LogP contribution in [0.1, 0.15) is 0 Å². The summed E-state index contributed by atoms with van der Waals surface area (Å²) in [5.41, 5.74) is -0.856. The maximum absolute atomic E-state index is 12.1. The van der Waals surface area contributed by atoms with Crippen molar-refractivity contribution in [2.24, 2.45) is 10.2 Å². The van der Waals surface area contributed by atoms with Crippen molar-refractivity contribution in [1.82, 2.24) is 0 Å². The maximum Gasteiger partial charge on any atom is 0.297 e. The molecule has 0 aliphatic rings. The van der Waals surface area contributed by atoms with E-state index in [9.17, 15) is 38.9 Å². The SMILES string of the molecule is O=S(=O)(O)c1ccc2ccc(S(=O)(=O)O)c(N=Nc3ccc4ccccc4c3S(=O)(=O)O)c2c1. The molecule has 0 heterocycles. The minimum atomic E-state index is -4.88. The minimum absolute atomic E-state index is 0.122. The van der Waals surface area contributed by atoms with Gasteiger partial charge in [0.15, 0.2) is 0 Å². The van der Waals surface area contributed by atoms with Crippen LogP contribution in [-0.4, -0.2) is 38.9 Å². The summed E-state index contributed by atoms with van der Waals surface area (Å²) in [6.45, 7) is 0. The molecule has 0 radical (unpaired) electrons. The van der Waals surface area contributed by atoms with Crippen LogP contribution in [0.4, 0.5) is 11.4 Å². The first kappa shape index (κ1) is 23.9. The number of benzene rings is 4. The largest absolute Gasteiger partial charge is 0.297 e. The highest BCUT2D eigenvalue weighted by atomic mass is 32.2. The summed E-state index contributed by atoms with van der Waals surface area (Å²) in [5, 5.41) is 8.37. The minimum Gasteiger partial charge on any atom is -0.282 e. The average Bonchev–Trinajstić information content (AvgIpc) is 2.74. The number of hydrogen-bond acceptors (Lipinski definition) is 8. The van der Waals surface area contributed by atoms with Gasteiger partial charge in [-0.15, -0.1) is 10.2 Å². The van der Waals surface area contributed by atoms with Crippen LogP contribution < -0.4 is 0 Å². The van der Waals surface area contributed by atoms with Crippen LogP contribution in [-0.2, 0) is 30.4 Å². The van der Waals surface area contributed by atoms with Gasteiger partial charge in [0.2, 0.25) is 0 Å². The van der Waals surface area contributed by atoms with Gasteiger partial charge in [0, 0.05) is 10.8 Å². The van der Waals surface area contributed by atoms with Crippen molar-refractivity contribution in [2.75, 3.05) is 0 Å². The highest BCUT2D eigenvalue weighted by Gasteiger charge is 2.22. The molecule has 4 aromatic rings. The number of hydrogen-bond donors (Lipinski definition) is 3. The first-order valence-electron chi connectivity index (χ1n) is 9.19. The molecule has 0 saturated carbocycles. The Hall–Kier alpha value is -3.27. The zero-order valence-corrected chi connectivity index (χ0v) is 19.2. The normalized spacial score (nSPS) is 13.1. The topological polar surface area (TPSA) is 188 Å². The van der Waals surface area contributed by atoms with E-state index >= 15 is 0 Å². The fourth-order valence-electron chi connectivity index (χ4n) is 3.42. The third kappa shape index (κ3) is 4.54. The van der Waals surface area contributed by atoms with Crippen LogP contribution >= 0.6 is 0 Å². The summed E-state index contributed by atoms with van der Waals surface area (Å²) in [4.78, 5) is -1.90. The second-order valence-electron chi connectivity index (χ2n) is 7.06. The number of fused-ring (bicyclic) bond motifs is 2. The number of rotatable bonds is 5. The highest BCUT2D eigenvalue weighted by Crippen LogP contribution is 2.38. The summed E-state index contributed by atoms with van der Waals surface area (Å²) < 4.78 is 100. The number of azo groups is 1. The van der Waals surface area contributed by atoms with Crippen molar-refractivity contribution in [3.05, 3.63) is 66.7 Å². The van der Waals surface area contributed by atoms with E-state index in [2.05, 4.69) is 10.2 Å². The standard InChI is InChI=1S/C20H14N2O9S3/c23-32(24,25)14-8-5-13-7-10-18(33(26,27)28)19(16(13)11-14)22-21-17-9-6-12-3-1-2-4-15(12)20(17)34(29,30)31/h1-11H,(H,23,24,25)(H,26,27,28)(H,29,30,31). The van der Waals surface area contributed by atoms with Gasteiger partial charge in [-0.1, -0.05) is 42.5 Å². The Labute approximate surface area is 193 Å². The van der Waals surface area contributed by atoms with Gasteiger partial charge in [-0.05, 0) is 35.0 Å². The molecule has 0 bridgehead atoms. The van der Waals surface area contributed by atoms with Crippen LogP contribution in [0.3, 0.4) is 0 Å². The van der Waals surface area contributed by atoms with E-state index in [-0.39, 0.29) is 21.8 Å². The summed E-state index contributed by atoms with van der Waals surface area (Å²) in [6.07, 6.45) is 0. The molecule has 0 fully saturated rings. The van der Waals surface area contributed by atoms with Gasteiger partial charge >= 0.3 is 0 Å². The van der Waals surface area contributed by atoms with E-state index < -0.39 is 50.7 Å². The highest BCUT2D eigenvalue weighted by molar-refractivity contribution is 7.86. The van der Waals surface area contributed by atoms with Crippen molar-refractivity contribution >= 4 is 63.3 Å². The molecule has 0 aliphatic carbocycles. The monoisotopic (exact) mass is 522 g/mol. The lowest BCUT2D eigenvalue weighted by Gasteiger charge is -2.09. The van der Waals surface area contributed by atoms with Crippen LogP contribution in [0.25, 0.3) is 21.5 Å². The second kappa shape index (κ2) is 8.19. The molecule has 0 spiro atoms. The van der Waals surface area contributed by atoms with Crippen LogP contribution in [0.2, 0.25) is 0 Å². The molecule has 0 unspecified atom stereocenters. The molecule has 4 rings (SSSR count). The molecular weight excluding hydrogens is 508 g/mol. The summed E-state index contributed by atoms with van der Waals surface area (Å²) in [5.74, 6) is 0. The molecule has 14 heteroatoms. The van der Waals surface area contributed by atoms with E-state index in [1.165, 1.54) is 36.4 Å². The average molecular weight is 523 g/mol. The molecule has 0 saturated heterocycles. The van der Waals surface area contributed by atoms with E-state index in [1.807, 2.05) is 0 Å². The summed E-state index contributed by atoms with van der Waals surface area (Å²) in [6, 6.07) is 14.5. The van der Waals surface area contributed by atoms with Crippen molar-refractivity contribution in [3.63, 3.8) is 0 Å². The first-order valence-corrected chi connectivity index (χ1v) is 13.5. The van der Waals surface area contributed by atoms with Gasteiger partial charge in [0.25, 0.3) is 30.4 Å². The fourth-order valence-corrected chi connectivity index (χ4v) is 5.40. The van der Waals surface area contributed by atoms with E-state index in [1.54, 1.807) is 12.1 Å². The molecular formula is C20H14N2O9S3. The molecule has 34 heavy (non-hydrogen) atoms. The van der Waals surface area contributed by atoms with Crippen molar-refractivity contribution in [3.8, 4) is 0 Å². The lowest BCUT2D eigenvalue weighted by atomic mass is 10.1. The van der Waals surface area contributed by atoms with Crippen molar-refractivity contribution in [2.45, 2.75) is 14.7 Å². The second-order valence-corrected chi connectivity index (χ2v) is 11.2. The smallest absolute Gasteiger partial charge is 0.282 e. The van der Waals surface area contributed by atoms with Crippen LogP contribution in [0.15, 0.2) is 91.6 Å². The number of nitrogens with zero attached hydrogens (tertiary/aromatic N) is 2. The molecule has 4 aromatic carbocycles. The molecule has 0 aliphatic heterocycles. The Bertz CT molecular complexity index is 1830. The molecule has 3 N–H and O–H groups in total. The van der Waals surface area contributed by atoms with Crippen molar-refractivity contribution in [1.29, 1.82) is 0 Å². The quantitative estimate of drug-likeness (QED) is 0.255. The van der Waals surface area contributed by atoms with E-state index in [0.29, 0.717) is 5.39 Å². The Balaban J connectivity index is 2.05. The zero-order chi connectivity index (χ0) is 24.9. The Morgan fingerprint density at radius 1 is 0.588 bits per heavy atom. The van der Waals surface area contributed by atoms with Crippen LogP contribution in [0, 0.1) is 0 Å². The Morgan fingerprint density at radius 3 is 1.85 bits per heavy atom. The predicted octanol–water partition coefficient (Wildman–Crippen LogP) is 4.15. The van der Waals surface area contributed by atoms with E-state index in [0.717, 1.165) is 18.2 Å². The molecule has 11 nitrogen and oxygen atoms in total. The van der Waals surface area contributed by atoms with Crippen LogP contribution in [0.5, 0.6) is 0 Å². The lowest BCUT2D eigenvalue weighted by molar-refractivity contribution is 0.481. The zero-order valence-electron chi connectivity index (χ0n) is 16.8. The molecule has 0 amide bonds. The molecule has 0 aromatic heterocycles. The third-order valence-corrected chi connectivity index (χ3v) is 7.56. The fraction of sp³-hybridized carbons (Fsp3) is 0. The Kier molecular flexibility index (Phi) is 5.75. The first-order chi connectivity index (χ1) is 15.8. The van der Waals surface area contributed by atoms with Crippen molar-refractivity contribution < 1.29 is 38.9 Å². The van der Waals surface area contributed by atoms with Gasteiger partial charge in [-0.3, -0.25) is 13.7 Å². The predicted molar refractivity (Wildman–Crippen MR) is 122 cm³/mol. The van der Waals surface area contributed by atoms with Gasteiger partial charge in [0.1, 0.15) is 21.2 Å². The van der Waals surface area contributed by atoms with Gasteiger partial charge in [-0.2, -0.15) is 25.3 Å². The maximum atomic E-state index is 12.1. The molecule has 0 atom stereocenters.